The molecule has 2 aliphatic rings. The molecule has 2 aliphatic heterocycles. The van der Waals surface area contributed by atoms with E-state index in [4.69, 9.17) is 42.6 Å². The van der Waals surface area contributed by atoms with Crippen molar-refractivity contribution in [3.05, 3.63) is 167 Å². The second-order valence-electron chi connectivity index (χ2n) is 38.2. The molecule has 5 aromatic carbocycles. The van der Waals surface area contributed by atoms with Crippen LogP contribution >= 0.6 is 0 Å². The lowest BCUT2D eigenvalue weighted by Gasteiger charge is -2.44. The molecular formula is C112H180N4O19. The molecular weight excluding hydrogens is 1710 g/mol. The minimum Gasteiger partial charge on any atom is -0.497 e. The molecule has 2 fully saturated rings. The molecule has 4 amide bonds. The van der Waals surface area contributed by atoms with E-state index in [0.29, 0.717) is 87.3 Å². The van der Waals surface area contributed by atoms with Crippen LogP contribution in [0.25, 0.3) is 0 Å². The molecule has 23 heteroatoms. The van der Waals surface area contributed by atoms with Crippen molar-refractivity contribution in [1.82, 2.24) is 21.3 Å². The van der Waals surface area contributed by atoms with Crippen LogP contribution in [0, 0.1) is 17.8 Å². The molecule has 2 saturated heterocycles. The summed E-state index contributed by atoms with van der Waals surface area (Å²) in [5.74, 6) is 1.61. The van der Waals surface area contributed by atoms with Crippen LogP contribution in [-0.4, -0.2) is 188 Å². The van der Waals surface area contributed by atoms with E-state index in [1.54, 1.807) is 38.5 Å². The lowest BCUT2D eigenvalue weighted by atomic mass is 9.79. The van der Waals surface area contributed by atoms with Crippen LogP contribution in [0.1, 0.15) is 367 Å². The predicted molar refractivity (Wildman–Crippen MR) is 538 cm³/mol. The van der Waals surface area contributed by atoms with E-state index in [1.165, 1.54) is 128 Å². The van der Waals surface area contributed by atoms with Crippen molar-refractivity contribution in [3.63, 3.8) is 0 Å². The molecule has 16 atom stereocenters. The fourth-order valence-corrected chi connectivity index (χ4v) is 18.0. The van der Waals surface area contributed by atoms with Gasteiger partial charge in [-0.05, 0) is 103 Å². The van der Waals surface area contributed by atoms with Crippen LogP contribution in [0.3, 0.4) is 0 Å². The third-order valence-corrected chi connectivity index (χ3v) is 27.1. The molecule has 7 rings (SSSR count). The van der Waals surface area contributed by atoms with Crippen LogP contribution in [0.5, 0.6) is 11.5 Å². The van der Waals surface area contributed by atoms with Gasteiger partial charge in [0, 0.05) is 43.0 Å². The number of methoxy groups -OCH3 is 2. The number of aliphatic hydroxyl groups excluding tert-OH is 6. The lowest BCUT2D eigenvalue weighted by molar-refractivity contribution is -0.303. The molecule has 10 N–H and O–H groups in total. The molecule has 0 aliphatic carbocycles. The summed E-state index contributed by atoms with van der Waals surface area (Å²) in [6.45, 7) is 13.7. The number of benzene rings is 5. The van der Waals surface area contributed by atoms with Crippen molar-refractivity contribution in [1.29, 1.82) is 0 Å². The summed E-state index contributed by atoms with van der Waals surface area (Å²) < 4.78 is 55.6. The Bertz CT molecular complexity index is 3760. The molecule has 0 saturated carbocycles. The van der Waals surface area contributed by atoms with Crippen molar-refractivity contribution >= 4 is 23.6 Å². The first-order chi connectivity index (χ1) is 65.9. The summed E-state index contributed by atoms with van der Waals surface area (Å²) >= 11 is 0. The Morgan fingerprint density at radius 2 is 0.763 bits per heavy atom. The average molecular weight is 1890 g/mol. The second-order valence-corrected chi connectivity index (χ2v) is 38.2. The molecule has 5 aromatic rings. The second kappa shape index (κ2) is 74.1. The Morgan fingerprint density at radius 1 is 0.385 bits per heavy atom. The van der Waals surface area contributed by atoms with E-state index in [-0.39, 0.29) is 67.3 Å². The Kier molecular flexibility index (Phi) is 64.1. The zero-order valence-corrected chi connectivity index (χ0v) is 83.9. The monoisotopic (exact) mass is 1890 g/mol. The van der Waals surface area contributed by atoms with Gasteiger partial charge in [0.25, 0.3) is 11.8 Å². The maximum absolute atomic E-state index is 14.3. The summed E-state index contributed by atoms with van der Waals surface area (Å²) in [7, 11) is 3.19. The average Bonchev–Trinajstić information content (AvgIpc) is 0.813. The van der Waals surface area contributed by atoms with Crippen molar-refractivity contribution in [2.75, 3.05) is 53.7 Å². The van der Waals surface area contributed by atoms with Gasteiger partial charge in [0.1, 0.15) is 48.1 Å². The maximum atomic E-state index is 14.3. The van der Waals surface area contributed by atoms with Crippen molar-refractivity contribution in [3.8, 4) is 11.5 Å². The van der Waals surface area contributed by atoms with Crippen LogP contribution in [-0.2, 0) is 62.6 Å². The highest BCUT2D eigenvalue weighted by molar-refractivity contribution is 5.95. The van der Waals surface area contributed by atoms with Gasteiger partial charge in [0.2, 0.25) is 11.8 Å². The quantitative estimate of drug-likeness (QED) is 0.0162. The van der Waals surface area contributed by atoms with Gasteiger partial charge in [-0.3, -0.25) is 19.2 Å². The van der Waals surface area contributed by atoms with E-state index in [2.05, 4.69) is 104 Å². The first-order valence-electron chi connectivity index (χ1n) is 52.8. The van der Waals surface area contributed by atoms with Gasteiger partial charge in [-0.1, -0.05) is 382 Å². The van der Waals surface area contributed by atoms with Crippen LogP contribution in [0.4, 0.5) is 0 Å². The summed E-state index contributed by atoms with van der Waals surface area (Å²) in [5, 5.41) is 74.6. The van der Waals surface area contributed by atoms with Gasteiger partial charge in [0.05, 0.1) is 90.9 Å². The van der Waals surface area contributed by atoms with Crippen LogP contribution < -0.4 is 30.7 Å². The first-order valence-corrected chi connectivity index (χ1v) is 52.8. The highest BCUT2D eigenvalue weighted by Crippen LogP contribution is 2.37. The van der Waals surface area contributed by atoms with E-state index < -0.39 is 74.0 Å². The van der Waals surface area contributed by atoms with Crippen molar-refractivity contribution in [2.45, 2.75) is 429 Å². The number of aliphatic hydroxyl groups is 6. The van der Waals surface area contributed by atoms with Gasteiger partial charge in [0.15, 0.2) is 12.6 Å². The number of carbonyl (C=O) groups excluding carboxylic acids is 4. The van der Waals surface area contributed by atoms with Crippen molar-refractivity contribution in [2.24, 2.45) is 17.8 Å². The number of amides is 4. The third-order valence-electron chi connectivity index (χ3n) is 27.1. The molecule has 135 heavy (non-hydrogen) atoms. The minimum absolute atomic E-state index is 0.00867. The van der Waals surface area contributed by atoms with E-state index in [0.717, 1.165) is 158 Å². The number of nitrogens with one attached hydrogen (secondary N) is 4. The maximum Gasteiger partial charge on any atom is 0.251 e. The Balaban J connectivity index is 0.000000436. The molecule has 0 bridgehead atoms. The zero-order valence-electron chi connectivity index (χ0n) is 83.9. The third kappa shape index (κ3) is 50.2. The summed E-state index contributed by atoms with van der Waals surface area (Å²) in [5.41, 5.74) is 4.52. The summed E-state index contributed by atoms with van der Waals surface area (Å²) in [6, 6.07) is 43.8. The standard InChI is InChI=1S/C68H102N2O8.C44H78N2O11/c1-6-7-8-9-10-11-12-13-15-18-21-33-45-63(75-50-58-39-29-25-30-40-58)66(76-51-59-41-31-26-32-42-59)62(52-77-68-56(4)54(2)55(3)64(78-68)53-74-49-57-37-27-24-28-38-57)70-65(71)46-34-22-19-16-14-17-20-23-35-47-69-67(72)60-43-36-44-61(48-60)73-5;1-3-4-5-6-7-8-9-10-12-15-18-21-27-36(48)39(50)35(32-56-44-42(53)41(52)40(51)37(31-47)57-44)46-38(49)28-22-19-16-13-11-14-17-20-23-29-45-43(54)33-25-24-26-34(30-33)55-2/h24-32,36-44,48,54-56,62-64,66,68H,6-23,33-35,45-47,49-53H2,1-5H3,(H,69,72)(H,70,71);24-26,30,35-37,39-42,44,47-48,50-53H,3-23,27-29,31-32H2,1-2H3,(H,45,54)(H,46,49)/t54-,55+,56?,62-,63+,64?,66-,68-;35-,36+,37?,39-,40-,41-,42?,44-/m00/s1. The van der Waals surface area contributed by atoms with E-state index in [9.17, 15) is 49.8 Å². The van der Waals surface area contributed by atoms with Gasteiger partial charge < -0.3 is 94.5 Å². The number of ether oxygens (including phenoxy) is 9. The normalized spacial score (nSPS) is 19.6. The number of carbonyl (C=O) groups is 4. The van der Waals surface area contributed by atoms with Gasteiger partial charge >= 0.3 is 0 Å². The SMILES string of the molecule is CCCCCCCCCCCCCC[C@@H](O)[C@@H](O)[C@H](CO[C@H]1OC(CO)[C@H](O)[C@H](O)C1O)NC(=O)CCCCCCCCCCCNC(=O)c1cccc(OC)c1.CCCCCCCCCCCCCC[C@@H](OCc1ccccc1)[C@@H](OCc1ccccc1)[C@H](CO[C@H]1OC(COCc2ccccc2)[C@H](C)[C@H](C)C1C)NC(=O)CCCCCCCCCCCNC(=O)c1cccc(OC)c1. The zero-order chi connectivity index (χ0) is 96.9. The molecule has 0 aromatic heterocycles. The number of hydrogen-bond donors (Lipinski definition) is 10. The molecule has 2 heterocycles. The Labute approximate surface area is 812 Å². The summed E-state index contributed by atoms with van der Waals surface area (Å²) in [6.07, 6.45) is 38.5. The van der Waals surface area contributed by atoms with Crippen molar-refractivity contribution < 1.29 is 92.4 Å². The summed E-state index contributed by atoms with van der Waals surface area (Å²) in [4.78, 5) is 52.1. The molecule has 0 radical (unpaired) electrons. The van der Waals surface area contributed by atoms with Gasteiger partial charge in [-0.25, -0.2) is 0 Å². The molecule has 23 nitrogen and oxygen atoms in total. The predicted octanol–water partition coefficient (Wildman–Crippen LogP) is 21.4. The number of rotatable bonds is 77. The molecule has 762 valence electrons. The minimum atomic E-state index is -1.62. The first kappa shape index (κ1) is 117. The highest BCUT2D eigenvalue weighted by atomic mass is 16.7. The highest BCUT2D eigenvalue weighted by Gasteiger charge is 2.46. The molecule has 4 unspecified atom stereocenters. The largest absolute Gasteiger partial charge is 0.497 e. The fraction of sp³-hybridized carbons (Fsp3) is 0.696. The fourth-order valence-electron chi connectivity index (χ4n) is 18.0. The van der Waals surface area contributed by atoms with Crippen LogP contribution in [0.2, 0.25) is 0 Å². The van der Waals surface area contributed by atoms with Crippen LogP contribution in [0.15, 0.2) is 140 Å². The molecule has 0 spiro atoms. The smallest absolute Gasteiger partial charge is 0.251 e. The Morgan fingerprint density at radius 3 is 1.20 bits per heavy atom. The van der Waals surface area contributed by atoms with Gasteiger partial charge in [-0.2, -0.15) is 0 Å². The van der Waals surface area contributed by atoms with Gasteiger partial charge in [-0.15, -0.1) is 0 Å². The number of hydrogen-bond acceptors (Lipinski definition) is 19. The topological polar surface area (TPSA) is 321 Å². The van der Waals surface area contributed by atoms with E-state index in [1.807, 2.05) is 66.7 Å². The Hall–Kier alpha value is -6.94. The number of unbranched alkanes of at least 4 members (excludes halogenated alkanes) is 38. The van der Waals surface area contributed by atoms with E-state index >= 15 is 0 Å². The lowest BCUT2D eigenvalue weighted by Crippen LogP contribution is -2.60.